The Bertz CT molecular complexity index is 1060. The third-order valence-corrected chi connectivity index (χ3v) is 6.83. The smallest absolute Gasteiger partial charge is 0.340 e. The zero-order valence-electron chi connectivity index (χ0n) is 20.2. The van der Waals surface area contributed by atoms with E-state index >= 15 is 0 Å². The van der Waals surface area contributed by atoms with Crippen LogP contribution in [0.4, 0.5) is 16.2 Å². The number of hydrogen-bond donors (Lipinski definition) is 2. The van der Waals surface area contributed by atoms with Gasteiger partial charge in [0.15, 0.2) is 0 Å². The number of urea groups is 1. The number of hydrazine groups is 1. The minimum atomic E-state index is -0.317. The molecule has 2 aromatic carbocycles. The zero-order valence-corrected chi connectivity index (χ0v) is 21.8. The molecule has 0 aromatic heterocycles. The van der Waals surface area contributed by atoms with E-state index in [4.69, 9.17) is 16.3 Å². The number of ether oxygens (including phenoxy) is 1. The molecule has 4 amide bonds. The van der Waals surface area contributed by atoms with Crippen molar-refractivity contribution < 1.29 is 19.1 Å². The Hall–Kier alpha value is -2.91. The van der Waals surface area contributed by atoms with Gasteiger partial charge in [-0.1, -0.05) is 43.6 Å². The van der Waals surface area contributed by atoms with Gasteiger partial charge in [-0.2, -0.15) is 0 Å². The molecule has 1 aliphatic heterocycles. The number of methoxy groups -OCH3 is 1. The molecule has 0 radical (unpaired) electrons. The molecule has 1 heterocycles. The molecule has 0 saturated carbocycles. The van der Waals surface area contributed by atoms with Crippen LogP contribution in [0.1, 0.15) is 31.4 Å². The van der Waals surface area contributed by atoms with Gasteiger partial charge in [0, 0.05) is 23.8 Å². The number of aryl methyl sites for hydroxylation is 2. The second kappa shape index (κ2) is 12.7. The number of nitrogens with zero attached hydrogens (tertiary/aromatic N) is 2. The Balaban J connectivity index is 1.55. The number of carbonyl (C=O) groups is 3. The number of halogens is 1. The third-order valence-electron chi connectivity index (χ3n) is 5.68. The average Bonchev–Trinajstić information content (AvgIpc) is 3.34. The quantitative estimate of drug-likeness (QED) is 0.496. The topological polar surface area (TPSA) is 91.0 Å². The lowest BCUT2D eigenvalue weighted by atomic mass is 10.0. The molecule has 0 aliphatic carbocycles. The van der Waals surface area contributed by atoms with Gasteiger partial charge in [0.1, 0.15) is 5.75 Å². The summed E-state index contributed by atoms with van der Waals surface area (Å²) in [6, 6.07) is 10.6. The van der Waals surface area contributed by atoms with Crippen LogP contribution in [-0.2, 0) is 22.4 Å². The number of anilines is 2. The maximum Gasteiger partial charge on any atom is 0.340 e. The Kier molecular flexibility index (Phi) is 9.68. The maximum absolute atomic E-state index is 13.1. The summed E-state index contributed by atoms with van der Waals surface area (Å²) in [6.07, 6.45) is 2.30. The second-order valence-corrected chi connectivity index (χ2v) is 9.39. The monoisotopic (exact) mass is 518 g/mol. The minimum absolute atomic E-state index is 0.0746. The lowest BCUT2D eigenvalue weighted by Gasteiger charge is -2.28. The molecule has 8 nitrogen and oxygen atoms in total. The van der Waals surface area contributed by atoms with Crippen LogP contribution in [0.25, 0.3) is 0 Å². The summed E-state index contributed by atoms with van der Waals surface area (Å²) in [6.45, 7) is 5.03. The average molecular weight is 519 g/mol. The highest BCUT2D eigenvalue weighted by Gasteiger charge is 2.31. The van der Waals surface area contributed by atoms with Gasteiger partial charge in [0.25, 0.3) is 5.91 Å². The fraction of sp³-hybridized carbons (Fsp3) is 0.400. The van der Waals surface area contributed by atoms with E-state index in [0.717, 1.165) is 29.7 Å². The molecule has 1 saturated heterocycles. The van der Waals surface area contributed by atoms with Gasteiger partial charge in [0.05, 0.1) is 24.3 Å². The predicted molar refractivity (Wildman–Crippen MR) is 141 cm³/mol. The molecule has 0 bridgehead atoms. The molecule has 0 unspecified atom stereocenters. The maximum atomic E-state index is 13.1. The van der Waals surface area contributed by atoms with Crippen molar-refractivity contribution in [3.05, 3.63) is 52.5 Å². The van der Waals surface area contributed by atoms with Crippen LogP contribution in [0.15, 0.2) is 36.4 Å². The van der Waals surface area contributed by atoms with E-state index in [9.17, 15) is 14.4 Å². The van der Waals surface area contributed by atoms with Gasteiger partial charge in [-0.25, -0.2) is 14.8 Å². The molecule has 10 heteroatoms. The second-order valence-electron chi connectivity index (χ2n) is 7.97. The normalized spacial score (nSPS) is 13.0. The SMILES string of the molecule is CCc1cccc(CC)c1NC(=O)N1CCCN1C(=O)CSCC(=O)Nc1cc(Cl)ccc1OC. The number of amides is 4. The standard InChI is InChI=1S/C25H31ClN4O4S/c1-4-17-8-6-9-18(5-2)24(17)28-25(33)30-13-7-12-29(30)23(32)16-35-15-22(31)27-20-14-19(26)10-11-21(20)34-3/h6,8-11,14H,4-5,7,12-13,15-16H2,1-3H3,(H,27,31)(H,28,33). The van der Waals surface area contributed by atoms with E-state index in [1.165, 1.54) is 28.9 Å². The summed E-state index contributed by atoms with van der Waals surface area (Å²) in [7, 11) is 1.51. The Labute approximate surface area is 215 Å². The lowest BCUT2D eigenvalue weighted by Crippen LogP contribution is -2.47. The number of rotatable bonds is 9. The summed E-state index contributed by atoms with van der Waals surface area (Å²) >= 11 is 7.19. The third kappa shape index (κ3) is 6.82. The fourth-order valence-corrected chi connectivity index (χ4v) is 4.78. The lowest BCUT2D eigenvalue weighted by molar-refractivity contribution is -0.136. The van der Waals surface area contributed by atoms with Gasteiger partial charge < -0.3 is 15.4 Å². The van der Waals surface area contributed by atoms with Gasteiger partial charge in [-0.15, -0.1) is 11.8 Å². The number of para-hydroxylation sites is 1. The van der Waals surface area contributed by atoms with Crippen molar-refractivity contribution in [3.63, 3.8) is 0 Å². The van der Waals surface area contributed by atoms with Crippen molar-refractivity contribution in [2.45, 2.75) is 33.1 Å². The fourth-order valence-electron chi connectivity index (χ4n) is 3.93. The van der Waals surface area contributed by atoms with E-state index in [0.29, 0.717) is 36.0 Å². The molecule has 188 valence electrons. The number of hydrogen-bond acceptors (Lipinski definition) is 5. The van der Waals surface area contributed by atoms with E-state index in [1.54, 1.807) is 18.2 Å². The van der Waals surface area contributed by atoms with E-state index in [-0.39, 0.29) is 29.4 Å². The molecular formula is C25H31ClN4O4S. The van der Waals surface area contributed by atoms with Crippen molar-refractivity contribution in [1.29, 1.82) is 0 Å². The van der Waals surface area contributed by atoms with Crippen LogP contribution in [0.2, 0.25) is 5.02 Å². The van der Waals surface area contributed by atoms with Crippen molar-refractivity contribution in [3.8, 4) is 5.75 Å². The summed E-state index contributed by atoms with van der Waals surface area (Å²) in [4.78, 5) is 38.3. The molecule has 1 fully saturated rings. The summed E-state index contributed by atoms with van der Waals surface area (Å²) in [5.41, 5.74) is 3.42. The first-order valence-corrected chi connectivity index (χ1v) is 13.1. The van der Waals surface area contributed by atoms with Crippen molar-refractivity contribution >= 4 is 52.6 Å². The first-order chi connectivity index (χ1) is 16.9. The molecule has 35 heavy (non-hydrogen) atoms. The first kappa shape index (κ1) is 26.7. The van der Waals surface area contributed by atoms with Crippen molar-refractivity contribution in [1.82, 2.24) is 10.0 Å². The van der Waals surface area contributed by atoms with Crippen LogP contribution in [0.3, 0.4) is 0 Å². The Morgan fingerprint density at radius 3 is 2.34 bits per heavy atom. The molecule has 3 rings (SSSR count). The number of benzene rings is 2. The van der Waals surface area contributed by atoms with Crippen LogP contribution in [0.5, 0.6) is 5.75 Å². The van der Waals surface area contributed by atoms with Crippen LogP contribution in [-0.4, -0.2) is 59.6 Å². The zero-order chi connectivity index (χ0) is 25.4. The van der Waals surface area contributed by atoms with Crippen LogP contribution < -0.4 is 15.4 Å². The predicted octanol–water partition coefficient (Wildman–Crippen LogP) is 4.83. The van der Waals surface area contributed by atoms with Gasteiger partial charge in [-0.05, 0) is 48.6 Å². The first-order valence-electron chi connectivity index (χ1n) is 11.6. The molecule has 0 atom stereocenters. The molecule has 2 N–H and O–H groups in total. The van der Waals surface area contributed by atoms with Gasteiger partial charge in [0.2, 0.25) is 5.91 Å². The highest BCUT2D eigenvalue weighted by atomic mass is 35.5. The molecule has 1 aliphatic rings. The molecule has 0 spiro atoms. The number of carbonyl (C=O) groups excluding carboxylic acids is 3. The van der Waals surface area contributed by atoms with E-state index < -0.39 is 0 Å². The number of thioether (sulfide) groups is 1. The van der Waals surface area contributed by atoms with E-state index in [1.807, 2.05) is 32.0 Å². The number of nitrogens with one attached hydrogen (secondary N) is 2. The minimum Gasteiger partial charge on any atom is -0.495 e. The highest BCUT2D eigenvalue weighted by Crippen LogP contribution is 2.28. The molecular weight excluding hydrogens is 488 g/mol. The Morgan fingerprint density at radius 2 is 1.69 bits per heavy atom. The highest BCUT2D eigenvalue weighted by molar-refractivity contribution is 8.00. The summed E-state index contributed by atoms with van der Waals surface area (Å²) in [5.74, 6) is 0.164. The van der Waals surface area contributed by atoms with Gasteiger partial charge >= 0.3 is 6.03 Å². The summed E-state index contributed by atoms with van der Waals surface area (Å²) < 4.78 is 5.23. The Morgan fingerprint density at radius 1 is 1.00 bits per heavy atom. The molecule has 2 aromatic rings. The van der Waals surface area contributed by atoms with Crippen LogP contribution >= 0.6 is 23.4 Å². The van der Waals surface area contributed by atoms with Crippen LogP contribution in [0, 0.1) is 0 Å². The summed E-state index contributed by atoms with van der Waals surface area (Å²) in [5, 5.41) is 9.19. The largest absolute Gasteiger partial charge is 0.495 e. The van der Waals surface area contributed by atoms with Crippen molar-refractivity contribution in [2.75, 3.05) is 42.3 Å². The van der Waals surface area contributed by atoms with Gasteiger partial charge in [-0.3, -0.25) is 9.59 Å². The van der Waals surface area contributed by atoms with E-state index in [2.05, 4.69) is 10.6 Å². The van der Waals surface area contributed by atoms with Crippen molar-refractivity contribution in [2.24, 2.45) is 0 Å².